The highest BCUT2D eigenvalue weighted by molar-refractivity contribution is 8.00. The van der Waals surface area contributed by atoms with Gasteiger partial charge in [0.1, 0.15) is 6.33 Å². The predicted molar refractivity (Wildman–Crippen MR) is 99.4 cm³/mol. The summed E-state index contributed by atoms with van der Waals surface area (Å²) >= 11 is 1.30. The van der Waals surface area contributed by atoms with Gasteiger partial charge in [0.05, 0.1) is 10.1 Å². The molecule has 0 radical (unpaired) electrons. The minimum Gasteiger partial charge on any atom is -0.325 e. The van der Waals surface area contributed by atoms with Crippen molar-refractivity contribution in [2.45, 2.75) is 35.1 Å². The fraction of sp³-hybridized carbons (Fsp3) is 0.438. The summed E-state index contributed by atoms with van der Waals surface area (Å²) in [5.74, 6) is -0.187. The molecule has 8 nitrogen and oxygen atoms in total. The Morgan fingerprint density at radius 1 is 1.23 bits per heavy atom. The minimum absolute atomic E-state index is 0.187. The zero-order valence-corrected chi connectivity index (χ0v) is 16.3. The Balaban J connectivity index is 1.63. The van der Waals surface area contributed by atoms with Crippen LogP contribution in [0.5, 0.6) is 0 Å². The van der Waals surface area contributed by atoms with Gasteiger partial charge in [-0.25, -0.2) is 8.42 Å². The molecule has 1 N–H and O–H groups in total. The first-order valence-electron chi connectivity index (χ1n) is 8.29. The first kappa shape index (κ1) is 18.9. The number of sulfonamides is 1. The Kier molecular flexibility index (Phi) is 5.64. The standard InChI is InChI=1S/C16H21N5O3S2/c1-12(25-16-19-17-11-20(16)2)15(22)18-13-5-7-14(8-6-13)26(23,24)21-9-3-4-10-21/h5-8,11-12H,3-4,9-10H2,1-2H3,(H,18,22). The quantitative estimate of drug-likeness (QED) is 0.748. The lowest BCUT2D eigenvalue weighted by Gasteiger charge is -2.16. The number of thioether (sulfide) groups is 1. The van der Waals surface area contributed by atoms with Crippen LogP contribution in [0.4, 0.5) is 5.69 Å². The van der Waals surface area contributed by atoms with E-state index >= 15 is 0 Å². The normalized spacial score (nSPS) is 16.5. The van der Waals surface area contributed by atoms with Crippen molar-refractivity contribution in [1.82, 2.24) is 19.1 Å². The second-order valence-corrected chi connectivity index (χ2v) is 9.36. The van der Waals surface area contributed by atoms with Gasteiger partial charge in [-0.05, 0) is 44.0 Å². The maximum Gasteiger partial charge on any atom is 0.243 e. The smallest absolute Gasteiger partial charge is 0.243 e. The highest BCUT2D eigenvalue weighted by Gasteiger charge is 2.27. The average molecular weight is 396 g/mol. The number of carbonyl (C=O) groups excluding carboxylic acids is 1. The van der Waals surface area contributed by atoms with Crippen LogP contribution in [0.2, 0.25) is 0 Å². The van der Waals surface area contributed by atoms with E-state index in [0.717, 1.165) is 12.8 Å². The van der Waals surface area contributed by atoms with Crippen molar-refractivity contribution in [3.8, 4) is 0 Å². The molecule has 0 bridgehead atoms. The highest BCUT2D eigenvalue weighted by Crippen LogP contribution is 2.24. The van der Waals surface area contributed by atoms with Crippen LogP contribution in [0, 0.1) is 0 Å². The van der Waals surface area contributed by atoms with Gasteiger partial charge >= 0.3 is 0 Å². The predicted octanol–water partition coefficient (Wildman–Crippen LogP) is 1.72. The summed E-state index contributed by atoms with van der Waals surface area (Å²) in [6.45, 7) is 2.91. The molecule has 1 amide bonds. The van der Waals surface area contributed by atoms with E-state index in [9.17, 15) is 13.2 Å². The van der Waals surface area contributed by atoms with Crippen LogP contribution < -0.4 is 5.32 Å². The Morgan fingerprint density at radius 2 is 1.88 bits per heavy atom. The highest BCUT2D eigenvalue weighted by atomic mass is 32.2. The van der Waals surface area contributed by atoms with Crippen molar-refractivity contribution in [3.63, 3.8) is 0 Å². The molecule has 1 unspecified atom stereocenters. The molecule has 1 aromatic heterocycles. The number of aromatic nitrogens is 3. The van der Waals surface area contributed by atoms with Crippen molar-refractivity contribution < 1.29 is 13.2 Å². The number of anilines is 1. The van der Waals surface area contributed by atoms with E-state index in [-0.39, 0.29) is 16.1 Å². The maximum atomic E-state index is 12.5. The molecule has 26 heavy (non-hydrogen) atoms. The number of benzene rings is 1. The molecule has 1 fully saturated rings. The minimum atomic E-state index is -3.44. The largest absolute Gasteiger partial charge is 0.325 e. The third-order valence-corrected chi connectivity index (χ3v) is 7.21. The molecule has 3 rings (SSSR count). The van der Waals surface area contributed by atoms with Crippen LogP contribution in [-0.4, -0.2) is 51.7 Å². The number of hydrogen-bond acceptors (Lipinski definition) is 6. The topological polar surface area (TPSA) is 97.2 Å². The van der Waals surface area contributed by atoms with Crippen molar-refractivity contribution in [3.05, 3.63) is 30.6 Å². The number of aryl methyl sites for hydroxylation is 1. The molecule has 2 aromatic rings. The summed E-state index contributed by atoms with van der Waals surface area (Å²) in [5.41, 5.74) is 0.556. The lowest BCUT2D eigenvalue weighted by Crippen LogP contribution is -2.27. The maximum absolute atomic E-state index is 12.5. The average Bonchev–Trinajstić information content (AvgIpc) is 3.28. The van der Waals surface area contributed by atoms with E-state index in [0.29, 0.717) is 23.9 Å². The molecule has 2 heterocycles. The first-order valence-corrected chi connectivity index (χ1v) is 10.6. The zero-order chi connectivity index (χ0) is 18.7. The molecular formula is C16H21N5O3S2. The van der Waals surface area contributed by atoms with Gasteiger partial charge in [0.2, 0.25) is 15.9 Å². The molecular weight excluding hydrogens is 374 g/mol. The molecule has 0 spiro atoms. The Labute approximate surface area is 157 Å². The molecule has 0 aliphatic carbocycles. The SMILES string of the molecule is CC(Sc1nncn1C)C(=O)Nc1ccc(S(=O)(=O)N2CCCC2)cc1. The first-order chi connectivity index (χ1) is 12.4. The molecule has 1 saturated heterocycles. The van der Waals surface area contributed by atoms with Gasteiger partial charge in [0.15, 0.2) is 5.16 Å². The van der Waals surface area contributed by atoms with Crippen LogP contribution in [-0.2, 0) is 21.9 Å². The van der Waals surface area contributed by atoms with Crippen molar-refractivity contribution in [1.29, 1.82) is 0 Å². The summed E-state index contributed by atoms with van der Waals surface area (Å²) in [7, 11) is -1.63. The number of amides is 1. The van der Waals surface area contributed by atoms with Gasteiger partial charge in [0, 0.05) is 25.8 Å². The Bertz CT molecular complexity index is 874. The summed E-state index contributed by atoms with van der Waals surface area (Å²) in [5, 5.41) is 10.8. The summed E-state index contributed by atoms with van der Waals surface area (Å²) in [4.78, 5) is 12.6. The summed E-state index contributed by atoms with van der Waals surface area (Å²) in [6.07, 6.45) is 3.37. The Hall–Kier alpha value is -1.91. The second-order valence-electron chi connectivity index (χ2n) is 6.11. The third kappa shape index (κ3) is 4.08. The Morgan fingerprint density at radius 3 is 2.46 bits per heavy atom. The third-order valence-electron chi connectivity index (χ3n) is 4.15. The van der Waals surface area contributed by atoms with Crippen molar-refractivity contribution in [2.75, 3.05) is 18.4 Å². The van der Waals surface area contributed by atoms with E-state index in [4.69, 9.17) is 0 Å². The van der Waals surface area contributed by atoms with Crippen LogP contribution in [0.1, 0.15) is 19.8 Å². The second kappa shape index (κ2) is 7.77. The molecule has 1 aliphatic heterocycles. The number of carbonyl (C=O) groups is 1. The monoisotopic (exact) mass is 395 g/mol. The molecule has 1 aromatic carbocycles. The van der Waals surface area contributed by atoms with E-state index in [1.54, 1.807) is 30.0 Å². The lowest BCUT2D eigenvalue weighted by molar-refractivity contribution is -0.115. The fourth-order valence-corrected chi connectivity index (χ4v) is 4.93. The van der Waals surface area contributed by atoms with Crippen LogP contribution in [0.15, 0.2) is 40.6 Å². The molecule has 1 atom stereocenters. The van der Waals surface area contributed by atoms with Crippen molar-refractivity contribution >= 4 is 33.4 Å². The van der Waals surface area contributed by atoms with Crippen molar-refractivity contribution in [2.24, 2.45) is 7.05 Å². The van der Waals surface area contributed by atoms with Gasteiger partial charge in [-0.2, -0.15) is 4.31 Å². The number of hydrogen-bond donors (Lipinski definition) is 1. The number of nitrogens with one attached hydrogen (secondary N) is 1. The molecule has 1 aliphatic rings. The van der Waals surface area contributed by atoms with E-state index in [1.807, 2.05) is 7.05 Å². The van der Waals surface area contributed by atoms with Crippen LogP contribution in [0.3, 0.4) is 0 Å². The van der Waals surface area contributed by atoms with Gasteiger partial charge in [-0.15, -0.1) is 10.2 Å². The molecule has 10 heteroatoms. The number of nitrogens with zero attached hydrogens (tertiary/aromatic N) is 4. The molecule has 140 valence electrons. The number of rotatable bonds is 6. The van der Waals surface area contributed by atoms with Gasteiger partial charge in [0.25, 0.3) is 0 Å². The summed E-state index contributed by atoms with van der Waals surface area (Å²) in [6, 6.07) is 6.29. The van der Waals surface area contributed by atoms with E-state index < -0.39 is 10.0 Å². The van der Waals surface area contributed by atoms with Crippen LogP contribution in [0.25, 0.3) is 0 Å². The zero-order valence-electron chi connectivity index (χ0n) is 14.6. The van der Waals surface area contributed by atoms with Gasteiger partial charge < -0.3 is 9.88 Å². The fourth-order valence-electron chi connectivity index (χ4n) is 2.62. The van der Waals surface area contributed by atoms with Crippen LogP contribution >= 0.6 is 11.8 Å². The van der Waals surface area contributed by atoms with E-state index in [2.05, 4.69) is 15.5 Å². The summed E-state index contributed by atoms with van der Waals surface area (Å²) < 4.78 is 28.3. The van der Waals surface area contributed by atoms with Gasteiger partial charge in [-0.3, -0.25) is 4.79 Å². The molecule has 0 saturated carbocycles. The van der Waals surface area contributed by atoms with Gasteiger partial charge in [-0.1, -0.05) is 11.8 Å². The van der Waals surface area contributed by atoms with E-state index in [1.165, 1.54) is 28.2 Å². The lowest BCUT2D eigenvalue weighted by atomic mass is 10.3.